The molecular weight excluding hydrogens is 266 g/mol. The monoisotopic (exact) mass is 283 g/mol. The topological polar surface area (TPSA) is 93.0 Å². The van der Waals surface area contributed by atoms with Gasteiger partial charge in [0.1, 0.15) is 0 Å². The second-order valence-electron chi connectivity index (χ2n) is 4.51. The first-order chi connectivity index (χ1) is 9.06. The highest BCUT2D eigenvalue weighted by Gasteiger charge is 2.36. The van der Waals surface area contributed by atoms with Crippen molar-refractivity contribution in [2.45, 2.75) is 31.5 Å². The number of hydrogen-bond donors (Lipinski definition) is 2. The van der Waals surface area contributed by atoms with E-state index in [9.17, 15) is 10.1 Å². The lowest BCUT2D eigenvalue weighted by Crippen LogP contribution is -2.12. The summed E-state index contributed by atoms with van der Waals surface area (Å²) in [6.07, 6.45) is 2.87. The summed E-state index contributed by atoms with van der Waals surface area (Å²) in [4.78, 5) is 19.2. The van der Waals surface area contributed by atoms with Gasteiger partial charge in [-0.15, -0.1) is 0 Å². The van der Waals surface area contributed by atoms with E-state index in [1.54, 1.807) is 0 Å². The number of thioether (sulfide) groups is 1. The van der Waals surface area contributed by atoms with Crippen LogP contribution < -0.4 is 10.6 Å². The Morgan fingerprint density at radius 2 is 2.11 bits per heavy atom. The second kappa shape index (κ2) is 5.60. The van der Waals surface area contributed by atoms with Gasteiger partial charge in [0.25, 0.3) is 0 Å². The fourth-order valence-electron chi connectivity index (χ4n) is 1.79. The van der Waals surface area contributed by atoms with E-state index < -0.39 is 4.92 Å². The maximum absolute atomic E-state index is 11.2. The minimum absolute atomic E-state index is 0.0706. The van der Waals surface area contributed by atoms with E-state index in [2.05, 4.69) is 27.5 Å². The molecule has 1 fully saturated rings. The maximum Gasteiger partial charge on any atom is 0.353 e. The van der Waals surface area contributed by atoms with Gasteiger partial charge in [-0.3, -0.25) is 10.1 Å². The fraction of sp³-hybridized carbons (Fsp3) is 0.636. The van der Waals surface area contributed by atoms with E-state index in [4.69, 9.17) is 0 Å². The van der Waals surface area contributed by atoms with Crippen molar-refractivity contribution in [2.24, 2.45) is 5.92 Å². The van der Waals surface area contributed by atoms with Gasteiger partial charge in [-0.25, -0.2) is 0 Å². The summed E-state index contributed by atoms with van der Waals surface area (Å²) in [5.74, 6) is 1.13. The van der Waals surface area contributed by atoms with Gasteiger partial charge in [0.05, 0.1) is 4.92 Å². The first-order valence-corrected chi connectivity index (χ1v) is 7.40. The zero-order chi connectivity index (χ0) is 14.0. The third-order valence-corrected chi connectivity index (χ3v) is 3.55. The Balaban J connectivity index is 2.41. The molecule has 0 spiro atoms. The fourth-order valence-corrected chi connectivity index (χ4v) is 2.15. The molecule has 1 aromatic heterocycles. The van der Waals surface area contributed by atoms with Crippen molar-refractivity contribution >= 4 is 29.1 Å². The van der Waals surface area contributed by atoms with Crippen LogP contribution in [0.15, 0.2) is 5.16 Å². The van der Waals surface area contributed by atoms with E-state index in [0.717, 1.165) is 6.42 Å². The summed E-state index contributed by atoms with van der Waals surface area (Å²) in [5, 5.41) is 17.8. The highest BCUT2D eigenvalue weighted by atomic mass is 32.2. The second-order valence-corrected chi connectivity index (χ2v) is 5.28. The largest absolute Gasteiger partial charge is 0.364 e. The molecule has 8 heteroatoms. The minimum atomic E-state index is -0.433. The van der Waals surface area contributed by atoms with E-state index >= 15 is 0 Å². The quantitative estimate of drug-likeness (QED) is 0.358. The lowest BCUT2D eigenvalue weighted by atomic mass is 10.4. The van der Waals surface area contributed by atoms with Gasteiger partial charge in [-0.1, -0.05) is 18.7 Å². The average Bonchev–Trinajstić information content (AvgIpc) is 3.04. The molecule has 2 unspecified atom stereocenters. The summed E-state index contributed by atoms with van der Waals surface area (Å²) >= 11 is 1.37. The van der Waals surface area contributed by atoms with Crippen molar-refractivity contribution in [1.82, 2.24) is 9.97 Å². The summed E-state index contributed by atoms with van der Waals surface area (Å²) in [7, 11) is 0. The molecule has 2 atom stereocenters. The Morgan fingerprint density at radius 3 is 2.58 bits per heavy atom. The Morgan fingerprint density at radius 1 is 1.47 bits per heavy atom. The van der Waals surface area contributed by atoms with Crippen molar-refractivity contribution in [3.05, 3.63) is 10.1 Å². The zero-order valence-electron chi connectivity index (χ0n) is 11.1. The molecule has 1 aromatic rings. The molecule has 0 aromatic carbocycles. The average molecular weight is 283 g/mol. The van der Waals surface area contributed by atoms with Gasteiger partial charge in [0, 0.05) is 12.6 Å². The lowest BCUT2D eigenvalue weighted by molar-refractivity contribution is -0.383. The molecule has 1 aliphatic rings. The van der Waals surface area contributed by atoms with Crippen LogP contribution in [0, 0.1) is 16.0 Å². The summed E-state index contributed by atoms with van der Waals surface area (Å²) in [5.41, 5.74) is -0.0706. The Labute approximate surface area is 115 Å². The first kappa shape index (κ1) is 13.9. The standard InChI is InChI=1S/C11H17N5O2S/c1-4-12-9-8(16(17)18)10(13-7-5-6(7)2)15-11(14-9)19-3/h6-7H,4-5H2,1-3H3,(H2,12,13,14,15). The molecule has 1 saturated carbocycles. The van der Waals surface area contributed by atoms with Crippen LogP contribution in [0.3, 0.4) is 0 Å². The molecule has 104 valence electrons. The van der Waals surface area contributed by atoms with Crippen LogP contribution in [-0.4, -0.2) is 33.7 Å². The van der Waals surface area contributed by atoms with Gasteiger partial charge < -0.3 is 10.6 Å². The molecule has 7 nitrogen and oxygen atoms in total. The van der Waals surface area contributed by atoms with E-state index in [-0.39, 0.29) is 17.5 Å². The van der Waals surface area contributed by atoms with Crippen molar-refractivity contribution in [1.29, 1.82) is 0 Å². The number of aromatic nitrogens is 2. The SMILES string of the molecule is CCNc1nc(SC)nc(NC2CC2C)c1[N+](=O)[O-]. The first-order valence-electron chi connectivity index (χ1n) is 6.17. The van der Waals surface area contributed by atoms with Crippen LogP contribution >= 0.6 is 11.8 Å². The predicted molar refractivity (Wildman–Crippen MR) is 75.8 cm³/mol. The molecule has 2 N–H and O–H groups in total. The molecule has 0 bridgehead atoms. The number of nitrogens with one attached hydrogen (secondary N) is 2. The summed E-state index contributed by atoms with van der Waals surface area (Å²) < 4.78 is 0. The molecule has 2 rings (SSSR count). The number of nitrogens with zero attached hydrogens (tertiary/aromatic N) is 3. The molecule has 0 amide bonds. The van der Waals surface area contributed by atoms with Gasteiger partial charge in [-0.05, 0) is 25.5 Å². The Hall–Kier alpha value is -1.57. The Kier molecular flexibility index (Phi) is 4.08. The van der Waals surface area contributed by atoms with Crippen LogP contribution in [-0.2, 0) is 0 Å². The summed E-state index contributed by atoms with van der Waals surface area (Å²) in [6.45, 7) is 4.55. The number of rotatable bonds is 6. The van der Waals surface area contributed by atoms with Crippen molar-refractivity contribution in [3.63, 3.8) is 0 Å². The van der Waals surface area contributed by atoms with Crippen molar-refractivity contribution in [3.8, 4) is 0 Å². The highest BCUT2D eigenvalue weighted by Crippen LogP contribution is 2.37. The maximum atomic E-state index is 11.2. The molecular formula is C11H17N5O2S. The van der Waals surface area contributed by atoms with Crippen LogP contribution in [0.25, 0.3) is 0 Å². The Bertz CT molecular complexity index is 496. The minimum Gasteiger partial charge on any atom is -0.364 e. The van der Waals surface area contributed by atoms with Crippen LogP contribution in [0.1, 0.15) is 20.3 Å². The predicted octanol–water partition coefficient (Wildman–Crippen LogP) is 2.36. The van der Waals surface area contributed by atoms with Gasteiger partial charge in [0.15, 0.2) is 5.16 Å². The highest BCUT2D eigenvalue weighted by molar-refractivity contribution is 7.98. The summed E-state index contributed by atoms with van der Waals surface area (Å²) in [6, 6.07) is 0.276. The van der Waals surface area contributed by atoms with Gasteiger partial charge >= 0.3 is 5.69 Å². The lowest BCUT2D eigenvalue weighted by Gasteiger charge is -2.10. The molecule has 1 heterocycles. The zero-order valence-corrected chi connectivity index (χ0v) is 12.0. The van der Waals surface area contributed by atoms with Crippen LogP contribution in [0.2, 0.25) is 0 Å². The number of nitro groups is 1. The molecule has 19 heavy (non-hydrogen) atoms. The molecule has 0 saturated heterocycles. The van der Waals surface area contributed by atoms with Crippen molar-refractivity contribution in [2.75, 3.05) is 23.4 Å². The van der Waals surface area contributed by atoms with Gasteiger partial charge in [-0.2, -0.15) is 9.97 Å². The van der Waals surface area contributed by atoms with E-state index in [1.165, 1.54) is 11.8 Å². The molecule has 0 radical (unpaired) electrons. The third-order valence-electron chi connectivity index (χ3n) is 3.00. The number of anilines is 2. The van der Waals surface area contributed by atoms with Crippen LogP contribution in [0.5, 0.6) is 0 Å². The third kappa shape index (κ3) is 3.06. The normalized spacial score (nSPS) is 21.0. The number of hydrogen-bond acceptors (Lipinski definition) is 7. The van der Waals surface area contributed by atoms with E-state index in [1.807, 2.05) is 13.2 Å². The van der Waals surface area contributed by atoms with E-state index in [0.29, 0.717) is 23.4 Å². The van der Waals surface area contributed by atoms with Gasteiger partial charge in [0.2, 0.25) is 11.6 Å². The van der Waals surface area contributed by atoms with Crippen LogP contribution in [0.4, 0.5) is 17.3 Å². The molecule has 1 aliphatic carbocycles. The van der Waals surface area contributed by atoms with Crippen molar-refractivity contribution < 1.29 is 4.92 Å². The smallest absolute Gasteiger partial charge is 0.353 e. The molecule has 0 aliphatic heterocycles.